The van der Waals surface area contributed by atoms with Crippen LogP contribution < -0.4 is 5.73 Å². The fourth-order valence-corrected chi connectivity index (χ4v) is 3.34. The molecule has 1 aliphatic rings. The van der Waals surface area contributed by atoms with E-state index in [0.29, 0.717) is 17.4 Å². The van der Waals surface area contributed by atoms with Crippen LogP contribution >= 0.6 is 22.6 Å². The van der Waals surface area contributed by atoms with Crippen molar-refractivity contribution in [2.45, 2.75) is 46.6 Å². The van der Waals surface area contributed by atoms with Gasteiger partial charge in [-0.3, -0.25) is 0 Å². The summed E-state index contributed by atoms with van der Waals surface area (Å²) in [6, 6.07) is 0.470. The van der Waals surface area contributed by atoms with E-state index in [1.807, 2.05) is 6.92 Å². The van der Waals surface area contributed by atoms with Crippen LogP contribution in [-0.4, -0.2) is 9.78 Å². The predicted octanol–water partition coefficient (Wildman–Crippen LogP) is 3.38. The molecule has 2 unspecified atom stereocenters. The summed E-state index contributed by atoms with van der Waals surface area (Å²) in [7, 11) is 0. The molecule has 1 fully saturated rings. The summed E-state index contributed by atoms with van der Waals surface area (Å²) in [5, 5.41) is 4.59. The zero-order valence-electron chi connectivity index (χ0n) is 10.4. The molecule has 1 aromatic rings. The van der Waals surface area contributed by atoms with Crippen LogP contribution in [0.2, 0.25) is 0 Å². The summed E-state index contributed by atoms with van der Waals surface area (Å²) >= 11 is 2.28. The molecular weight excluding hydrogens is 313 g/mol. The molecule has 2 atom stereocenters. The van der Waals surface area contributed by atoms with Crippen LogP contribution in [0.4, 0.5) is 5.82 Å². The van der Waals surface area contributed by atoms with Gasteiger partial charge in [0, 0.05) is 0 Å². The zero-order valence-corrected chi connectivity index (χ0v) is 12.6. The van der Waals surface area contributed by atoms with E-state index in [-0.39, 0.29) is 0 Å². The van der Waals surface area contributed by atoms with Gasteiger partial charge in [0.05, 0.1) is 15.3 Å². The quantitative estimate of drug-likeness (QED) is 0.801. The van der Waals surface area contributed by atoms with E-state index in [1.165, 1.54) is 12.8 Å². The van der Waals surface area contributed by atoms with Gasteiger partial charge in [0.15, 0.2) is 0 Å². The van der Waals surface area contributed by atoms with Gasteiger partial charge in [-0.25, -0.2) is 4.68 Å². The Morgan fingerprint density at radius 2 is 2.06 bits per heavy atom. The van der Waals surface area contributed by atoms with E-state index in [4.69, 9.17) is 5.73 Å². The van der Waals surface area contributed by atoms with Gasteiger partial charge >= 0.3 is 0 Å². The topological polar surface area (TPSA) is 43.8 Å². The summed E-state index contributed by atoms with van der Waals surface area (Å²) in [5.41, 5.74) is 7.60. The SMILES string of the molecule is Cc1nn(C2CC(C)(C)CC2C)c(N)c1I. The maximum Gasteiger partial charge on any atom is 0.135 e. The lowest BCUT2D eigenvalue weighted by Crippen LogP contribution is -2.16. The monoisotopic (exact) mass is 333 g/mol. The van der Waals surface area contributed by atoms with Crippen LogP contribution in [0, 0.1) is 21.8 Å². The number of anilines is 1. The number of aryl methyl sites for hydroxylation is 1. The lowest BCUT2D eigenvalue weighted by Gasteiger charge is -2.18. The molecule has 0 spiro atoms. The first-order valence-corrected chi connectivity index (χ1v) is 6.90. The van der Waals surface area contributed by atoms with Crippen molar-refractivity contribution in [2.75, 3.05) is 5.73 Å². The number of nitrogens with zero attached hydrogens (tertiary/aromatic N) is 2. The fraction of sp³-hybridized carbons (Fsp3) is 0.750. The van der Waals surface area contributed by atoms with Crippen molar-refractivity contribution in [3.8, 4) is 0 Å². The smallest absolute Gasteiger partial charge is 0.135 e. The van der Waals surface area contributed by atoms with Crippen molar-refractivity contribution in [3.63, 3.8) is 0 Å². The maximum atomic E-state index is 6.13. The van der Waals surface area contributed by atoms with Crippen LogP contribution in [0.1, 0.15) is 45.3 Å². The Labute approximate surface area is 111 Å². The third-order valence-corrected chi connectivity index (χ3v) is 4.99. The van der Waals surface area contributed by atoms with Gasteiger partial charge in [-0.05, 0) is 53.7 Å². The Morgan fingerprint density at radius 1 is 1.44 bits per heavy atom. The molecular formula is C12H20IN3. The molecule has 90 valence electrons. The average molecular weight is 333 g/mol. The molecule has 16 heavy (non-hydrogen) atoms. The Morgan fingerprint density at radius 3 is 2.44 bits per heavy atom. The number of aromatic nitrogens is 2. The molecule has 1 heterocycles. The molecule has 3 nitrogen and oxygen atoms in total. The normalized spacial score (nSPS) is 28.6. The second-order valence-electron chi connectivity index (χ2n) is 5.85. The van der Waals surface area contributed by atoms with Gasteiger partial charge in [-0.1, -0.05) is 20.8 Å². The van der Waals surface area contributed by atoms with Crippen LogP contribution in [0.15, 0.2) is 0 Å². The van der Waals surface area contributed by atoms with Crippen molar-refractivity contribution < 1.29 is 0 Å². The number of nitrogen functional groups attached to an aromatic ring is 1. The van der Waals surface area contributed by atoms with E-state index >= 15 is 0 Å². The molecule has 4 heteroatoms. The van der Waals surface area contributed by atoms with Crippen LogP contribution in [0.3, 0.4) is 0 Å². The predicted molar refractivity (Wildman–Crippen MR) is 75.3 cm³/mol. The minimum Gasteiger partial charge on any atom is -0.383 e. The highest BCUT2D eigenvalue weighted by atomic mass is 127. The lowest BCUT2D eigenvalue weighted by atomic mass is 9.91. The maximum absolute atomic E-state index is 6.13. The molecule has 0 amide bonds. The summed E-state index contributed by atoms with van der Waals surface area (Å²) in [6.07, 6.45) is 2.43. The van der Waals surface area contributed by atoms with Crippen LogP contribution in [0.25, 0.3) is 0 Å². The van der Waals surface area contributed by atoms with Crippen molar-refractivity contribution in [3.05, 3.63) is 9.26 Å². The minimum atomic E-state index is 0.418. The Balaban J connectivity index is 2.35. The molecule has 0 bridgehead atoms. The molecule has 1 aliphatic carbocycles. The third-order valence-electron chi connectivity index (χ3n) is 3.65. The molecule has 2 rings (SSSR count). The summed E-state index contributed by atoms with van der Waals surface area (Å²) in [4.78, 5) is 0. The first kappa shape index (κ1) is 12.2. The Hall–Kier alpha value is -0.260. The number of halogens is 1. The number of rotatable bonds is 1. The highest BCUT2D eigenvalue weighted by Gasteiger charge is 2.39. The van der Waals surface area contributed by atoms with Gasteiger partial charge in [-0.15, -0.1) is 0 Å². The van der Waals surface area contributed by atoms with E-state index in [9.17, 15) is 0 Å². The molecule has 0 radical (unpaired) electrons. The van der Waals surface area contributed by atoms with E-state index in [2.05, 4.69) is 53.1 Å². The van der Waals surface area contributed by atoms with E-state index in [1.54, 1.807) is 0 Å². The van der Waals surface area contributed by atoms with E-state index in [0.717, 1.165) is 15.1 Å². The van der Waals surface area contributed by atoms with Crippen molar-refractivity contribution in [1.82, 2.24) is 9.78 Å². The fourth-order valence-electron chi connectivity index (χ4n) is 2.98. The summed E-state index contributed by atoms with van der Waals surface area (Å²) in [5.74, 6) is 1.50. The average Bonchev–Trinajstić information content (AvgIpc) is 2.57. The van der Waals surface area contributed by atoms with Gasteiger partial charge in [0.1, 0.15) is 5.82 Å². The zero-order chi connectivity index (χ0) is 12.1. The summed E-state index contributed by atoms with van der Waals surface area (Å²) < 4.78 is 3.16. The van der Waals surface area contributed by atoms with Crippen LogP contribution in [0.5, 0.6) is 0 Å². The molecule has 1 aromatic heterocycles. The van der Waals surface area contributed by atoms with E-state index < -0.39 is 0 Å². The second kappa shape index (κ2) is 3.89. The van der Waals surface area contributed by atoms with Gasteiger partial charge in [0.2, 0.25) is 0 Å². The van der Waals surface area contributed by atoms with Crippen molar-refractivity contribution in [2.24, 2.45) is 11.3 Å². The highest BCUT2D eigenvalue weighted by Crippen LogP contribution is 2.48. The first-order valence-electron chi connectivity index (χ1n) is 5.82. The Bertz CT molecular complexity index is 409. The first-order chi connectivity index (χ1) is 7.32. The number of hydrogen-bond donors (Lipinski definition) is 1. The lowest BCUT2D eigenvalue weighted by molar-refractivity contribution is 0.350. The number of hydrogen-bond acceptors (Lipinski definition) is 2. The van der Waals surface area contributed by atoms with Crippen LogP contribution in [-0.2, 0) is 0 Å². The molecule has 2 N–H and O–H groups in total. The highest BCUT2D eigenvalue weighted by molar-refractivity contribution is 14.1. The molecule has 0 aliphatic heterocycles. The largest absolute Gasteiger partial charge is 0.383 e. The van der Waals surface area contributed by atoms with Gasteiger partial charge in [-0.2, -0.15) is 5.10 Å². The van der Waals surface area contributed by atoms with Gasteiger partial charge in [0.25, 0.3) is 0 Å². The Kier molecular flexibility index (Phi) is 2.97. The molecule has 0 saturated heterocycles. The number of nitrogens with two attached hydrogens (primary N) is 1. The molecule has 1 saturated carbocycles. The third kappa shape index (κ3) is 1.96. The molecule has 0 aromatic carbocycles. The summed E-state index contributed by atoms with van der Waals surface area (Å²) in [6.45, 7) is 9.00. The standard InChI is InChI=1S/C12H20IN3/c1-7-5-12(3,4)6-9(7)16-11(14)10(13)8(2)15-16/h7,9H,5-6,14H2,1-4H3. The second-order valence-corrected chi connectivity index (χ2v) is 6.93. The minimum absolute atomic E-state index is 0.418. The van der Waals surface area contributed by atoms with Crippen molar-refractivity contribution >= 4 is 28.4 Å². The van der Waals surface area contributed by atoms with Crippen molar-refractivity contribution in [1.29, 1.82) is 0 Å². The van der Waals surface area contributed by atoms with Gasteiger partial charge < -0.3 is 5.73 Å².